The molecule has 96 valence electrons. The highest BCUT2D eigenvalue weighted by atomic mass is 32.1. The van der Waals surface area contributed by atoms with Crippen LogP contribution < -0.4 is 5.32 Å². The fourth-order valence-corrected chi connectivity index (χ4v) is 3.69. The van der Waals surface area contributed by atoms with E-state index in [9.17, 15) is 4.79 Å². The second-order valence-electron chi connectivity index (χ2n) is 4.09. The number of thiazole rings is 1. The van der Waals surface area contributed by atoms with Gasteiger partial charge in [-0.3, -0.25) is 4.79 Å². The largest absolute Gasteiger partial charge is 0.349 e. The molecule has 0 fully saturated rings. The van der Waals surface area contributed by atoms with Gasteiger partial charge in [0, 0.05) is 10.6 Å². The molecular formula is C12H14N2OS3. The topological polar surface area (TPSA) is 44.9 Å². The van der Waals surface area contributed by atoms with Crippen LogP contribution in [0.25, 0.3) is 0 Å². The summed E-state index contributed by atoms with van der Waals surface area (Å²) < 4.78 is 0.723. The molecule has 2 N–H and O–H groups in total. The highest BCUT2D eigenvalue weighted by Crippen LogP contribution is 2.18. The Balaban J connectivity index is 1.97. The highest BCUT2D eigenvalue weighted by molar-refractivity contribution is 7.73. The standard InChI is InChI=1S/C12H14N2OS3/c1-7(9-3-4-17-6-9)13-11(15)5-10-8(2)14-12(16)18-10/h3-4,6-7H,5H2,1-2H3,(H,13,15)(H,14,16). The van der Waals surface area contributed by atoms with E-state index in [0.29, 0.717) is 6.42 Å². The molecule has 18 heavy (non-hydrogen) atoms. The molecular weight excluding hydrogens is 284 g/mol. The number of hydrogen-bond donors (Lipinski definition) is 2. The SMILES string of the molecule is Cc1[nH]c(=S)sc1CC(=O)NC(C)c1ccsc1. The summed E-state index contributed by atoms with van der Waals surface area (Å²) in [6.07, 6.45) is 0.387. The first-order chi connectivity index (χ1) is 8.56. The Morgan fingerprint density at radius 1 is 1.61 bits per heavy atom. The van der Waals surface area contributed by atoms with E-state index in [1.165, 1.54) is 11.3 Å². The number of carbonyl (C=O) groups is 1. The van der Waals surface area contributed by atoms with Crippen molar-refractivity contribution in [3.05, 3.63) is 36.9 Å². The third kappa shape index (κ3) is 3.28. The molecule has 1 atom stereocenters. The molecule has 2 aromatic rings. The predicted octanol–water partition coefficient (Wildman–Crippen LogP) is 3.60. The van der Waals surface area contributed by atoms with Crippen molar-refractivity contribution in [3.8, 4) is 0 Å². The maximum absolute atomic E-state index is 11.9. The smallest absolute Gasteiger partial charge is 0.225 e. The second-order valence-corrected chi connectivity index (χ2v) is 6.64. The van der Waals surface area contributed by atoms with Crippen molar-refractivity contribution < 1.29 is 4.79 Å². The third-order valence-electron chi connectivity index (χ3n) is 2.67. The van der Waals surface area contributed by atoms with Crippen molar-refractivity contribution in [2.24, 2.45) is 0 Å². The van der Waals surface area contributed by atoms with E-state index >= 15 is 0 Å². The van der Waals surface area contributed by atoms with Crippen molar-refractivity contribution in [2.75, 3.05) is 0 Å². The zero-order chi connectivity index (χ0) is 13.1. The molecule has 1 unspecified atom stereocenters. The summed E-state index contributed by atoms with van der Waals surface area (Å²) >= 11 is 8.16. The molecule has 2 aromatic heterocycles. The number of rotatable bonds is 4. The number of aromatic amines is 1. The molecule has 1 amide bonds. The average Bonchev–Trinajstić information content (AvgIpc) is 2.89. The van der Waals surface area contributed by atoms with E-state index in [1.807, 2.05) is 25.3 Å². The second kappa shape index (κ2) is 5.77. The first kappa shape index (κ1) is 13.5. The van der Waals surface area contributed by atoms with E-state index < -0.39 is 0 Å². The summed E-state index contributed by atoms with van der Waals surface area (Å²) in [5.41, 5.74) is 2.13. The number of carbonyl (C=O) groups excluding carboxylic acids is 1. The van der Waals surface area contributed by atoms with Gasteiger partial charge < -0.3 is 10.3 Å². The number of hydrogen-bond acceptors (Lipinski definition) is 4. The van der Waals surface area contributed by atoms with Gasteiger partial charge in [0.15, 0.2) is 3.95 Å². The van der Waals surface area contributed by atoms with E-state index in [0.717, 1.165) is 20.1 Å². The number of thiophene rings is 1. The molecule has 0 spiro atoms. The van der Waals surface area contributed by atoms with Crippen LogP contribution in [0.15, 0.2) is 16.8 Å². The van der Waals surface area contributed by atoms with Gasteiger partial charge in [0.25, 0.3) is 0 Å². The fourth-order valence-electron chi connectivity index (χ4n) is 1.65. The van der Waals surface area contributed by atoms with Crippen molar-refractivity contribution in [1.29, 1.82) is 0 Å². The van der Waals surface area contributed by atoms with Crippen LogP contribution in [0.5, 0.6) is 0 Å². The van der Waals surface area contributed by atoms with Gasteiger partial charge in [-0.1, -0.05) is 0 Å². The van der Waals surface area contributed by atoms with Crippen LogP contribution >= 0.6 is 34.9 Å². The molecule has 2 heterocycles. The Hall–Kier alpha value is -0.980. The molecule has 0 bridgehead atoms. The zero-order valence-corrected chi connectivity index (χ0v) is 12.6. The van der Waals surface area contributed by atoms with Crippen molar-refractivity contribution in [1.82, 2.24) is 10.3 Å². The van der Waals surface area contributed by atoms with Gasteiger partial charge in [-0.15, -0.1) is 11.3 Å². The van der Waals surface area contributed by atoms with Gasteiger partial charge >= 0.3 is 0 Å². The Morgan fingerprint density at radius 2 is 2.39 bits per heavy atom. The lowest BCUT2D eigenvalue weighted by Crippen LogP contribution is -2.27. The summed E-state index contributed by atoms with van der Waals surface area (Å²) in [5, 5.41) is 7.06. The van der Waals surface area contributed by atoms with Crippen LogP contribution in [-0.4, -0.2) is 10.9 Å². The molecule has 3 nitrogen and oxygen atoms in total. The third-order valence-corrected chi connectivity index (χ3v) is 4.70. The molecule has 0 saturated heterocycles. The zero-order valence-electron chi connectivity index (χ0n) is 10.1. The summed E-state index contributed by atoms with van der Waals surface area (Å²) in [6, 6.07) is 2.08. The Morgan fingerprint density at radius 3 is 2.94 bits per heavy atom. The molecule has 0 aliphatic carbocycles. The number of nitrogens with one attached hydrogen (secondary N) is 2. The van der Waals surface area contributed by atoms with Gasteiger partial charge in [-0.25, -0.2) is 0 Å². The Labute approximate surface area is 119 Å². The first-order valence-corrected chi connectivity index (χ1v) is 7.73. The minimum atomic E-state index is 0.0297. The molecule has 0 aromatic carbocycles. The van der Waals surface area contributed by atoms with Gasteiger partial charge in [-0.05, 0) is 48.5 Å². The summed E-state index contributed by atoms with van der Waals surface area (Å²) in [6.45, 7) is 3.93. The van der Waals surface area contributed by atoms with E-state index in [2.05, 4.69) is 15.7 Å². The van der Waals surface area contributed by atoms with E-state index in [4.69, 9.17) is 12.2 Å². The Kier molecular flexibility index (Phi) is 4.31. The van der Waals surface area contributed by atoms with Gasteiger partial charge in [-0.2, -0.15) is 11.3 Å². The van der Waals surface area contributed by atoms with Crippen molar-refractivity contribution in [2.45, 2.75) is 26.3 Å². The number of amides is 1. The molecule has 0 saturated carbocycles. The lowest BCUT2D eigenvalue weighted by Gasteiger charge is -2.12. The summed E-state index contributed by atoms with van der Waals surface area (Å²) in [4.78, 5) is 16.0. The molecule has 2 rings (SSSR count). The van der Waals surface area contributed by atoms with Crippen molar-refractivity contribution in [3.63, 3.8) is 0 Å². The average molecular weight is 298 g/mol. The van der Waals surface area contributed by atoms with Crippen LogP contribution in [0.3, 0.4) is 0 Å². The number of aromatic nitrogens is 1. The summed E-state index contributed by atoms with van der Waals surface area (Å²) in [7, 11) is 0. The van der Waals surface area contributed by atoms with Crippen LogP contribution in [0.4, 0.5) is 0 Å². The fraction of sp³-hybridized carbons (Fsp3) is 0.333. The minimum absolute atomic E-state index is 0.0297. The van der Waals surface area contributed by atoms with Gasteiger partial charge in [0.1, 0.15) is 0 Å². The molecule has 0 aliphatic heterocycles. The van der Waals surface area contributed by atoms with Crippen LogP contribution in [-0.2, 0) is 11.2 Å². The van der Waals surface area contributed by atoms with E-state index in [-0.39, 0.29) is 11.9 Å². The maximum atomic E-state index is 11.9. The van der Waals surface area contributed by atoms with Crippen molar-refractivity contribution >= 4 is 40.8 Å². The number of aryl methyl sites for hydroxylation is 1. The van der Waals surface area contributed by atoms with Crippen LogP contribution in [0, 0.1) is 10.9 Å². The molecule has 0 aliphatic rings. The first-order valence-electron chi connectivity index (χ1n) is 5.56. The Bertz CT molecular complexity index is 583. The quantitative estimate of drug-likeness (QED) is 0.847. The monoisotopic (exact) mass is 298 g/mol. The predicted molar refractivity (Wildman–Crippen MR) is 78.8 cm³/mol. The molecule has 6 heteroatoms. The highest BCUT2D eigenvalue weighted by Gasteiger charge is 2.12. The summed E-state index contributed by atoms with van der Waals surface area (Å²) in [5.74, 6) is 0.0297. The number of H-pyrrole nitrogens is 1. The van der Waals surface area contributed by atoms with Crippen LogP contribution in [0.1, 0.15) is 29.1 Å². The lowest BCUT2D eigenvalue weighted by molar-refractivity contribution is -0.121. The maximum Gasteiger partial charge on any atom is 0.225 e. The lowest BCUT2D eigenvalue weighted by atomic mass is 10.2. The van der Waals surface area contributed by atoms with Gasteiger partial charge in [0.2, 0.25) is 5.91 Å². The minimum Gasteiger partial charge on any atom is -0.349 e. The van der Waals surface area contributed by atoms with Gasteiger partial charge in [0.05, 0.1) is 12.5 Å². The normalized spacial score (nSPS) is 12.3. The van der Waals surface area contributed by atoms with E-state index in [1.54, 1.807) is 11.3 Å². The van der Waals surface area contributed by atoms with Crippen LogP contribution in [0.2, 0.25) is 0 Å². The molecule has 0 radical (unpaired) electrons.